The first kappa shape index (κ1) is 15.9. The van der Waals surface area contributed by atoms with Gasteiger partial charge in [-0.05, 0) is 26.2 Å². The first-order valence-corrected chi connectivity index (χ1v) is 7.72. The summed E-state index contributed by atoms with van der Waals surface area (Å²) >= 11 is 0. The number of ether oxygens (including phenoxy) is 1. The van der Waals surface area contributed by atoms with Crippen LogP contribution in [0, 0.1) is 0 Å². The molecule has 0 radical (unpaired) electrons. The molecule has 2 unspecified atom stereocenters. The number of rotatable bonds is 8. The van der Waals surface area contributed by atoms with Crippen molar-refractivity contribution in [3.8, 4) is 0 Å². The number of nitrogens with zero attached hydrogens (tertiary/aromatic N) is 1. The van der Waals surface area contributed by atoms with Crippen LogP contribution in [0.4, 0.5) is 0 Å². The minimum atomic E-state index is 0.287. The molecule has 2 atom stereocenters. The zero-order valence-electron chi connectivity index (χ0n) is 12.8. The zero-order valence-corrected chi connectivity index (χ0v) is 12.8. The van der Waals surface area contributed by atoms with Crippen LogP contribution in [0.2, 0.25) is 0 Å². The van der Waals surface area contributed by atoms with Crippen LogP contribution in [-0.4, -0.2) is 49.3 Å². The van der Waals surface area contributed by atoms with Gasteiger partial charge in [-0.2, -0.15) is 0 Å². The second-order valence-corrected chi connectivity index (χ2v) is 5.79. The molecule has 0 aromatic rings. The Morgan fingerprint density at radius 3 is 2.67 bits per heavy atom. The molecule has 108 valence electrons. The molecule has 3 heteroatoms. The van der Waals surface area contributed by atoms with E-state index in [0.29, 0.717) is 6.04 Å². The monoisotopic (exact) mass is 256 g/mol. The van der Waals surface area contributed by atoms with Gasteiger partial charge in [-0.25, -0.2) is 0 Å². The standard InChI is InChI=1S/C15H32N2O/c1-5-8-10-18-11-9-17-13-15(4,7-3)16-12-14(17)6-2/h14,16H,5-13H2,1-4H3. The summed E-state index contributed by atoms with van der Waals surface area (Å²) in [4.78, 5) is 2.62. The first-order chi connectivity index (χ1) is 8.65. The summed E-state index contributed by atoms with van der Waals surface area (Å²) in [5.41, 5.74) is 0.287. The van der Waals surface area contributed by atoms with Gasteiger partial charge in [-0.15, -0.1) is 0 Å². The van der Waals surface area contributed by atoms with Gasteiger partial charge in [-0.3, -0.25) is 4.90 Å². The van der Waals surface area contributed by atoms with E-state index >= 15 is 0 Å². The predicted octanol–water partition coefficient (Wildman–Crippen LogP) is 2.66. The van der Waals surface area contributed by atoms with Gasteiger partial charge >= 0.3 is 0 Å². The Hall–Kier alpha value is -0.120. The molecule has 0 spiro atoms. The van der Waals surface area contributed by atoms with Gasteiger partial charge in [-0.1, -0.05) is 27.2 Å². The molecule has 0 bridgehead atoms. The number of unbranched alkanes of at least 4 members (excludes halogenated alkanes) is 1. The van der Waals surface area contributed by atoms with Crippen LogP contribution in [0.3, 0.4) is 0 Å². The van der Waals surface area contributed by atoms with Gasteiger partial charge in [0.1, 0.15) is 0 Å². The number of piperazine rings is 1. The van der Waals surface area contributed by atoms with Crippen molar-refractivity contribution in [2.45, 2.75) is 65.0 Å². The largest absolute Gasteiger partial charge is 0.380 e. The predicted molar refractivity (Wildman–Crippen MR) is 78.1 cm³/mol. The Balaban J connectivity index is 2.33. The normalized spacial score (nSPS) is 29.7. The molecule has 1 fully saturated rings. The highest BCUT2D eigenvalue weighted by atomic mass is 16.5. The Labute approximate surface area is 113 Å². The molecular weight excluding hydrogens is 224 g/mol. The average molecular weight is 256 g/mol. The SMILES string of the molecule is CCCCOCCN1CC(C)(CC)NCC1CC. The molecule has 0 saturated carbocycles. The Morgan fingerprint density at radius 2 is 2.06 bits per heavy atom. The second-order valence-electron chi connectivity index (χ2n) is 5.79. The van der Waals surface area contributed by atoms with E-state index in [4.69, 9.17) is 4.74 Å². The molecule has 1 heterocycles. The topological polar surface area (TPSA) is 24.5 Å². The van der Waals surface area contributed by atoms with Crippen molar-refractivity contribution >= 4 is 0 Å². The highest BCUT2D eigenvalue weighted by molar-refractivity contribution is 4.93. The van der Waals surface area contributed by atoms with Gasteiger partial charge in [0, 0.05) is 37.8 Å². The molecular formula is C15H32N2O. The van der Waals surface area contributed by atoms with E-state index in [1.165, 1.54) is 25.7 Å². The molecule has 1 aliphatic rings. The van der Waals surface area contributed by atoms with Crippen LogP contribution in [0.25, 0.3) is 0 Å². The molecule has 0 aromatic carbocycles. The molecule has 3 nitrogen and oxygen atoms in total. The molecule has 1 aliphatic heterocycles. The average Bonchev–Trinajstić information content (AvgIpc) is 2.39. The summed E-state index contributed by atoms with van der Waals surface area (Å²) in [5, 5.41) is 3.70. The van der Waals surface area contributed by atoms with Crippen molar-refractivity contribution in [1.29, 1.82) is 0 Å². The van der Waals surface area contributed by atoms with Crippen molar-refractivity contribution in [3.63, 3.8) is 0 Å². The number of nitrogens with one attached hydrogen (secondary N) is 1. The maximum atomic E-state index is 5.71. The molecule has 1 rings (SSSR count). The lowest BCUT2D eigenvalue weighted by atomic mass is 9.93. The Bertz CT molecular complexity index is 223. The Morgan fingerprint density at radius 1 is 1.28 bits per heavy atom. The van der Waals surface area contributed by atoms with E-state index in [0.717, 1.165) is 32.8 Å². The van der Waals surface area contributed by atoms with Crippen LogP contribution in [0.15, 0.2) is 0 Å². The summed E-state index contributed by atoms with van der Waals surface area (Å²) < 4.78 is 5.71. The van der Waals surface area contributed by atoms with E-state index in [-0.39, 0.29) is 5.54 Å². The molecule has 1 N–H and O–H groups in total. The highest BCUT2D eigenvalue weighted by Crippen LogP contribution is 2.19. The molecule has 1 saturated heterocycles. The lowest BCUT2D eigenvalue weighted by Gasteiger charge is -2.46. The lowest BCUT2D eigenvalue weighted by Crippen LogP contribution is -2.62. The second kappa shape index (κ2) is 8.13. The summed E-state index contributed by atoms with van der Waals surface area (Å²) in [6.45, 7) is 14.3. The van der Waals surface area contributed by atoms with E-state index in [9.17, 15) is 0 Å². The van der Waals surface area contributed by atoms with Crippen LogP contribution < -0.4 is 5.32 Å². The number of hydrogen-bond acceptors (Lipinski definition) is 3. The van der Waals surface area contributed by atoms with E-state index < -0.39 is 0 Å². The van der Waals surface area contributed by atoms with Gasteiger partial charge in [0.2, 0.25) is 0 Å². The minimum Gasteiger partial charge on any atom is -0.380 e. The number of hydrogen-bond donors (Lipinski definition) is 1. The third-order valence-electron chi connectivity index (χ3n) is 4.25. The Kier molecular flexibility index (Phi) is 7.20. The molecule has 0 amide bonds. The van der Waals surface area contributed by atoms with Crippen molar-refractivity contribution in [2.24, 2.45) is 0 Å². The van der Waals surface area contributed by atoms with Crippen molar-refractivity contribution in [2.75, 3.05) is 32.8 Å². The molecule has 0 aliphatic carbocycles. The van der Waals surface area contributed by atoms with Crippen molar-refractivity contribution in [1.82, 2.24) is 10.2 Å². The summed E-state index contributed by atoms with van der Waals surface area (Å²) in [6, 6.07) is 0.680. The smallest absolute Gasteiger partial charge is 0.0593 e. The fourth-order valence-electron chi connectivity index (χ4n) is 2.56. The summed E-state index contributed by atoms with van der Waals surface area (Å²) in [6.07, 6.45) is 4.82. The third-order valence-corrected chi connectivity index (χ3v) is 4.25. The third kappa shape index (κ3) is 4.87. The fraction of sp³-hybridized carbons (Fsp3) is 1.00. The maximum absolute atomic E-state index is 5.71. The van der Waals surface area contributed by atoms with Gasteiger partial charge < -0.3 is 10.1 Å². The fourth-order valence-corrected chi connectivity index (χ4v) is 2.56. The maximum Gasteiger partial charge on any atom is 0.0593 e. The van der Waals surface area contributed by atoms with E-state index in [1.807, 2.05) is 0 Å². The van der Waals surface area contributed by atoms with Crippen LogP contribution in [0.5, 0.6) is 0 Å². The van der Waals surface area contributed by atoms with Crippen molar-refractivity contribution in [3.05, 3.63) is 0 Å². The van der Waals surface area contributed by atoms with E-state index in [2.05, 4.69) is 37.9 Å². The van der Waals surface area contributed by atoms with Gasteiger partial charge in [0.05, 0.1) is 6.61 Å². The van der Waals surface area contributed by atoms with Gasteiger partial charge in [0.15, 0.2) is 0 Å². The van der Waals surface area contributed by atoms with Gasteiger partial charge in [0.25, 0.3) is 0 Å². The lowest BCUT2D eigenvalue weighted by molar-refractivity contribution is 0.0418. The zero-order chi connectivity index (χ0) is 13.4. The van der Waals surface area contributed by atoms with E-state index in [1.54, 1.807) is 0 Å². The van der Waals surface area contributed by atoms with Crippen LogP contribution >= 0.6 is 0 Å². The quantitative estimate of drug-likeness (QED) is 0.676. The molecule has 0 aromatic heterocycles. The summed E-state index contributed by atoms with van der Waals surface area (Å²) in [5.74, 6) is 0. The minimum absolute atomic E-state index is 0.287. The summed E-state index contributed by atoms with van der Waals surface area (Å²) in [7, 11) is 0. The highest BCUT2D eigenvalue weighted by Gasteiger charge is 2.33. The van der Waals surface area contributed by atoms with Crippen LogP contribution in [-0.2, 0) is 4.74 Å². The van der Waals surface area contributed by atoms with Crippen LogP contribution in [0.1, 0.15) is 53.4 Å². The first-order valence-electron chi connectivity index (χ1n) is 7.72. The van der Waals surface area contributed by atoms with Crippen molar-refractivity contribution < 1.29 is 4.74 Å². The molecule has 18 heavy (non-hydrogen) atoms.